The second-order valence-electron chi connectivity index (χ2n) is 13.0. The van der Waals surface area contributed by atoms with Crippen molar-refractivity contribution in [1.29, 1.82) is 0 Å². The number of hydrogen-bond donors (Lipinski definition) is 9. The van der Waals surface area contributed by atoms with Crippen molar-refractivity contribution in [3.8, 4) is 5.75 Å². The van der Waals surface area contributed by atoms with Crippen LogP contribution in [0.15, 0.2) is 54.6 Å². The summed E-state index contributed by atoms with van der Waals surface area (Å²) in [5.74, 6) is -4.28. The molecule has 290 valence electrons. The van der Waals surface area contributed by atoms with Crippen molar-refractivity contribution in [2.75, 3.05) is 18.6 Å². The fourth-order valence-electron chi connectivity index (χ4n) is 5.15. The molecule has 0 radical (unpaired) electrons. The molecule has 16 nitrogen and oxygen atoms in total. The molecule has 17 heteroatoms. The van der Waals surface area contributed by atoms with Gasteiger partial charge in [-0.1, -0.05) is 56.3 Å². The Kier molecular flexibility index (Phi) is 18.9. The van der Waals surface area contributed by atoms with Gasteiger partial charge >= 0.3 is 0 Å². The number of nitrogens with one attached hydrogen (secondary N) is 5. The number of aromatic hydroxyl groups is 1. The van der Waals surface area contributed by atoms with E-state index in [2.05, 4.69) is 26.6 Å². The van der Waals surface area contributed by atoms with E-state index >= 15 is 0 Å². The highest BCUT2D eigenvalue weighted by Gasteiger charge is 2.30. The maximum atomic E-state index is 13.8. The molecule has 7 amide bonds. The van der Waals surface area contributed by atoms with E-state index in [0.717, 1.165) is 0 Å². The van der Waals surface area contributed by atoms with Crippen molar-refractivity contribution in [1.82, 2.24) is 26.6 Å². The minimum atomic E-state index is -1.26. The molecule has 0 fully saturated rings. The summed E-state index contributed by atoms with van der Waals surface area (Å²) < 4.78 is 0. The maximum absolute atomic E-state index is 13.8. The number of amides is 7. The molecule has 2 rings (SSSR count). The fraction of sp³-hybridized carbons (Fsp3) is 0.472. The van der Waals surface area contributed by atoms with Crippen molar-refractivity contribution in [3.05, 3.63) is 65.7 Å². The monoisotopic (exact) mass is 756 g/mol. The first-order valence-electron chi connectivity index (χ1n) is 17.2. The highest BCUT2D eigenvalue weighted by Crippen LogP contribution is 2.13. The van der Waals surface area contributed by atoms with Gasteiger partial charge in [0.25, 0.3) is 0 Å². The molecule has 0 unspecified atom stereocenters. The summed E-state index contributed by atoms with van der Waals surface area (Å²) in [4.78, 5) is 89.6. The summed E-state index contributed by atoms with van der Waals surface area (Å²) >= 11 is 1.48. The molecule has 2 aromatic rings. The van der Waals surface area contributed by atoms with E-state index in [-0.39, 0.29) is 43.8 Å². The molecular formula is C36H52N8O8S. The minimum Gasteiger partial charge on any atom is -0.508 e. The van der Waals surface area contributed by atoms with Gasteiger partial charge in [-0.05, 0) is 60.4 Å². The number of phenolic OH excluding ortho intramolecular Hbond substituents is 1. The van der Waals surface area contributed by atoms with Crippen molar-refractivity contribution in [2.24, 2.45) is 23.1 Å². The Bertz CT molecular complexity index is 1540. The van der Waals surface area contributed by atoms with Crippen molar-refractivity contribution in [3.63, 3.8) is 0 Å². The molecule has 5 atom stereocenters. The first-order chi connectivity index (χ1) is 25.1. The molecule has 12 N–H and O–H groups in total. The van der Waals surface area contributed by atoms with Crippen molar-refractivity contribution >= 4 is 53.1 Å². The molecule has 0 aliphatic heterocycles. The van der Waals surface area contributed by atoms with E-state index in [0.29, 0.717) is 23.3 Å². The Balaban J connectivity index is 2.24. The molecule has 0 spiro atoms. The molecular weight excluding hydrogens is 705 g/mol. The van der Waals surface area contributed by atoms with Gasteiger partial charge in [0.1, 0.15) is 29.9 Å². The first-order valence-corrected chi connectivity index (χ1v) is 18.6. The van der Waals surface area contributed by atoms with E-state index < -0.39 is 78.1 Å². The summed E-state index contributed by atoms with van der Waals surface area (Å²) in [5, 5.41) is 22.8. The molecule has 0 saturated heterocycles. The lowest BCUT2D eigenvalue weighted by molar-refractivity contribution is -0.133. The smallest absolute Gasteiger partial charge is 0.243 e. The number of carbonyl (C=O) groups is 7. The fourth-order valence-corrected chi connectivity index (χ4v) is 5.62. The van der Waals surface area contributed by atoms with Gasteiger partial charge in [0, 0.05) is 19.3 Å². The molecule has 0 aliphatic rings. The van der Waals surface area contributed by atoms with E-state index in [9.17, 15) is 38.7 Å². The van der Waals surface area contributed by atoms with Gasteiger partial charge in [-0.25, -0.2) is 0 Å². The number of rotatable bonds is 23. The number of phenols is 1. The van der Waals surface area contributed by atoms with Crippen LogP contribution in [-0.2, 0) is 46.4 Å². The molecule has 0 saturated carbocycles. The number of hydrogen-bond acceptors (Lipinski definition) is 10. The van der Waals surface area contributed by atoms with Crippen LogP contribution in [0.3, 0.4) is 0 Å². The van der Waals surface area contributed by atoms with Crippen LogP contribution in [0.25, 0.3) is 0 Å². The molecule has 53 heavy (non-hydrogen) atoms. The first kappa shape index (κ1) is 44.0. The summed E-state index contributed by atoms with van der Waals surface area (Å²) in [6, 6.07) is 9.20. The van der Waals surface area contributed by atoms with Gasteiger partial charge < -0.3 is 48.9 Å². The number of benzene rings is 2. The van der Waals surface area contributed by atoms with E-state index in [1.165, 1.54) is 23.9 Å². The molecule has 0 aromatic heterocycles. The van der Waals surface area contributed by atoms with Gasteiger partial charge in [-0.2, -0.15) is 11.8 Å². The van der Waals surface area contributed by atoms with Crippen LogP contribution in [0, 0.1) is 5.92 Å². The normalized spacial score (nSPS) is 13.8. The van der Waals surface area contributed by atoms with Crippen LogP contribution < -0.4 is 43.8 Å². The van der Waals surface area contributed by atoms with E-state index in [4.69, 9.17) is 17.2 Å². The van der Waals surface area contributed by atoms with Crippen LogP contribution >= 0.6 is 11.8 Å². The second-order valence-corrected chi connectivity index (χ2v) is 14.0. The number of carbonyl (C=O) groups excluding carboxylic acids is 7. The highest BCUT2D eigenvalue weighted by atomic mass is 32.2. The Morgan fingerprint density at radius 3 is 1.81 bits per heavy atom. The van der Waals surface area contributed by atoms with Crippen LogP contribution in [-0.4, -0.2) is 95.2 Å². The molecule has 2 aromatic carbocycles. The third-order valence-electron chi connectivity index (χ3n) is 8.02. The average Bonchev–Trinajstić information content (AvgIpc) is 3.11. The van der Waals surface area contributed by atoms with E-state index in [1.54, 1.807) is 42.5 Å². The van der Waals surface area contributed by atoms with Gasteiger partial charge in [0.2, 0.25) is 41.4 Å². The molecule has 0 bridgehead atoms. The molecule has 0 heterocycles. The Hall–Kier alpha value is -5.16. The zero-order chi connectivity index (χ0) is 39.5. The van der Waals surface area contributed by atoms with E-state index in [1.807, 2.05) is 20.1 Å². The predicted octanol–water partition coefficient (Wildman–Crippen LogP) is -0.890. The largest absolute Gasteiger partial charge is 0.508 e. The standard InChI is InChI=1S/C36H52N8O8S/c1-21(2)17-27(35(51)42-26(32(39)48)15-16-53-3)41-31(47)20-40-34(50)28(19-23-9-11-24(45)12-10-23)44-36(52)29(18-22-7-5-4-6-8-22)43-33(49)25(37)13-14-30(38)46/h4-12,21,25-29,45H,13-20,37H2,1-3H3,(H2,38,46)(H2,39,48)(H,40,50)(H,41,47)(H,42,51)(H,43,49)(H,44,52)/t25-,26-,27-,28-,29-/m0/s1. The zero-order valence-electron chi connectivity index (χ0n) is 30.3. The van der Waals surface area contributed by atoms with Crippen LogP contribution in [0.1, 0.15) is 50.7 Å². The second kappa shape index (κ2) is 22.7. The third kappa shape index (κ3) is 16.8. The predicted molar refractivity (Wildman–Crippen MR) is 201 cm³/mol. The lowest BCUT2D eigenvalue weighted by Crippen LogP contribution is -2.58. The summed E-state index contributed by atoms with van der Waals surface area (Å²) in [5.41, 5.74) is 17.9. The van der Waals surface area contributed by atoms with Gasteiger partial charge in [0.15, 0.2) is 0 Å². The lowest BCUT2D eigenvalue weighted by atomic mass is 10.0. The summed E-state index contributed by atoms with van der Waals surface area (Å²) in [6.07, 6.45) is 2.19. The van der Waals surface area contributed by atoms with Gasteiger partial charge in [-0.15, -0.1) is 0 Å². The van der Waals surface area contributed by atoms with Gasteiger partial charge in [0.05, 0.1) is 12.6 Å². The van der Waals surface area contributed by atoms with Crippen LogP contribution in [0.2, 0.25) is 0 Å². The van der Waals surface area contributed by atoms with Gasteiger partial charge in [-0.3, -0.25) is 33.6 Å². The molecule has 0 aliphatic carbocycles. The number of primary amides is 2. The average molecular weight is 757 g/mol. The van der Waals surface area contributed by atoms with Crippen molar-refractivity contribution in [2.45, 2.75) is 82.6 Å². The van der Waals surface area contributed by atoms with Crippen molar-refractivity contribution < 1.29 is 38.7 Å². The third-order valence-corrected chi connectivity index (χ3v) is 8.66. The minimum absolute atomic E-state index is 0.0137. The zero-order valence-corrected chi connectivity index (χ0v) is 31.1. The van der Waals surface area contributed by atoms with Crippen LogP contribution in [0.5, 0.6) is 5.75 Å². The highest BCUT2D eigenvalue weighted by molar-refractivity contribution is 7.98. The lowest BCUT2D eigenvalue weighted by Gasteiger charge is -2.25. The number of nitrogens with two attached hydrogens (primary N) is 3. The summed E-state index contributed by atoms with van der Waals surface area (Å²) in [6.45, 7) is 3.14. The SMILES string of the molecule is CSCC[C@H](NC(=O)[C@H](CC(C)C)NC(=O)CNC(=O)[C@H](Cc1ccc(O)cc1)NC(=O)[C@H](Cc1ccccc1)NC(=O)[C@@H](N)CCC(N)=O)C(N)=O. The topological polar surface area (TPSA) is 278 Å². The quantitative estimate of drug-likeness (QED) is 0.0675. The Morgan fingerprint density at radius 2 is 1.25 bits per heavy atom. The summed E-state index contributed by atoms with van der Waals surface area (Å²) in [7, 11) is 0. The maximum Gasteiger partial charge on any atom is 0.243 e. The Labute approximate surface area is 313 Å². The Morgan fingerprint density at radius 1 is 0.698 bits per heavy atom. The number of thioether (sulfide) groups is 1. The van der Waals surface area contributed by atoms with Crippen LogP contribution in [0.4, 0.5) is 0 Å².